The van der Waals surface area contributed by atoms with Gasteiger partial charge >= 0.3 is 5.97 Å². The Morgan fingerprint density at radius 1 is 1.18 bits per heavy atom. The normalized spacial score (nSPS) is 15.8. The molecule has 1 aliphatic rings. The molecule has 0 spiro atoms. The van der Waals surface area contributed by atoms with Gasteiger partial charge in [-0.3, -0.25) is 4.79 Å². The van der Waals surface area contributed by atoms with Crippen molar-refractivity contribution in [1.82, 2.24) is 0 Å². The molecule has 2 heteroatoms. The van der Waals surface area contributed by atoms with Crippen molar-refractivity contribution in [3.8, 4) is 0 Å². The van der Waals surface area contributed by atoms with Crippen LogP contribution in [0.1, 0.15) is 38.2 Å². The van der Waals surface area contributed by atoms with E-state index in [2.05, 4.69) is 12.1 Å². The lowest BCUT2D eigenvalue weighted by molar-refractivity contribution is -0.137. The highest BCUT2D eigenvalue weighted by Gasteiger charge is 2.15. The standard InChI is InChI=1S/C15H18O2/c1-12(16)17-15-10-6-5-9-14(15)11-13-7-3-2-4-8-13/h2-4,7-8H,5-6,9-11H2,1H3. The second-order valence-electron chi connectivity index (χ2n) is 4.49. The number of carbonyl (C=O) groups is 1. The zero-order valence-electron chi connectivity index (χ0n) is 10.2. The van der Waals surface area contributed by atoms with E-state index in [0.29, 0.717) is 0 Å². The molecule has 0 N–H and O–H groups in total. The van der Waals surface area contributed by atoms with Crippen molar-refractivity contribution in [3.63, 3.8) is 0 Å². The van der Waals surface area contributed by atoms with Gasteiger partial charge in [0.2, 0.25) is 0 Å². The molecule has 0 aliphatic heterocycles. The number of esters is 1. The fourth-order valence-electron chi connectivity index (χ4n) is 2.27. The molecular weight excluding hydrogens is 212 g/mol. The Hall–Kier alpha value is -1.57. The molecule has 2 rings (SSSR count). The highest BCUT2D eigenvalue weighted by atomic mass is 16.5. The van der Waals surface area contributed by atoms with E-state index < -0.39 is 0 Å². The number of benzene rings is 1. The highest BCUT2D eigenvalue weighted by Crippen LogP contribution is 2.28. The van der Waals surface area contributed by atoms with Gasteiger partial charge < -0.3 is 4.74 Å². The molecule has 1 aromatic carbocycles. The van der Waals surface area contributed by atoms with Gasteiger partial charge in [-0.05, 0) is 36.8 Å². The Balaban J connectivity index is 2.15. The summed E-state index contributed by atoms with van der Waals surface area (Å²) >= 11 is 0. The fraction of sp³-hybridized carbons (Fsp3) is 0.400. The number of allylic oxidation sites excluding steroid dienone is 2. The second-order valence-corrected chi connectivity index (χ2v) is 4.49. The van der Waals surface area contributed by atoms with Crippen LogP contribution in [0.2, 0.25) is 0 Å². The number of hydrogen-bond acceptors (Lipinski definition) is 2. The van der Waals surface area contributed by atoms with Crippen molar-refractivity contribution < 1.29 is 9.53 Å². The van der Waals surface area contributed by atoms with Gasteiger partial charge in [0.15, 0.2) is 0 Å². The van der Waals surface area contributed by atoms with Gasteiger partial charge in [-0.1, -0.05) is 30.3 Å². The van der Waals surface area contributed by atoms with Gasteiger partial charge in [0.05, 0.1) is 0 Å². The van der Waals surface area contributed by atoms with Crippen LogP contribution in [0.3, 0.4) is 0 Å². The molecule has 0 atom stereocenters. The SMILES string of the molecule is CC(=O)OC1=C(Cc2ccccc2)CCCC1. The Labute approximate surface area is 102 Å². The van der Waals surface area contributed by atoms with E-state index in [1.807, 2.05) is 18.2 Å². The van der Waals surface area contributed by atoms with E-state index in [9.17, 15) is 4.79 Å². The molecule has 0 saturated carbocycles. The molecule has 1 aromatic rings. The molecule has 0 saturated heterocycles. The second kappa shape index (κ2) is 5.67. The lowest BCUT2D eigenvalue weighted by atomic mass is 9.92. The first kappa shape index (κ1) is 11.9. The minimum atomic E-state index is -0.201. The van der Waals surface area contributed by atoms with Crippen LogP contribution < -0.4 is 0 Å². The van der Waals surface area contributed by atoms with Crippen LogP contribution in [-0.2, 0) is 16.0 Å². The van der Waals surface area contributed by atoms with Crippen LogP contribution >= 0.6 is 0 Å². The molecule has 0 unspecified atom stereocenters. The van der Waals surface area contributed by atoms with Gasteiger partial charge in [0, 0.05) is 13.3 Å². The summed E-state index contributed by atoms with van der Waals surface area (Å²) in [7, 11) is 0. The third-order valence-corrected chi connectivity index (χ3v) is 3.05. The van der Waals surface area contributed by atoms with E-state index in [0.717, 1.165) is 31.4 Å². The molecule has 0 radical (unpaired) electrons. The third-order valence-electron chi connectivity index (χ3n) is 3.05. The number of ether oxygens (including phenoxy) is 1. The van der Waals surface area contributed by atoms with Crippen LogP contribution in [0.25, 0.3) is 0 Å². The van der Waals surface area contributed by atoms with Crippen molar-refractivity contribution in [2.45, 2.75) is 39.0 Å². The quantitative estimate of drug-likeness (QED) is 0.741. The van der Waals surface area contributed by atoms with Crippen molar-refractivity contribution in [1.29, 1.82) is 0 Å². The van der Waals surface area contributed by atoms with E-state index in [-0.39, 0.29) is 5.97 Å². The van der Waals surface area contributed by atoms with Crippen LogP contribution in [0, 0.1) is 0 Å². The molecule has 2 nitrogen and oxygen atoms in total. The zero-order chi connectivity index (χ0) is 12.1. The molecule has 0 amide bonds. The van der Waals surface area contributed by atoms with Crippen molar-refractivity contribution in [3.05, 3.63) is 47.2 Å². The first-order chi connectivity index (χ1) is 8.25. The summed E-state index contributed by atoms with van der Waals surface area (Å²) in [6.07, 6.45) is 5.19. The minimum absolute atomic E-state index is 0.201. The van der Waals surface area contributed by atoms with Gasteiger partial charge in [-0.25, -0.2) is 0 Å². The van der Waals surface area contributed by atoms with Gasteiger partial charge in [-0.2, -0.15) is 0 Å². The van der Waals surface area contributed by atoms with E-state index >= 15 is 0 Å². The smallest absolute Gasteiger partial charge is 0.307 e. The summed E-state index contributed by atoms with van der Waals surface area (Å²) in [6, 6.07) is 10.3. The predicted octanol–water partition coefficient (Wildman–Crippen LogP) is 3.62. The predicted molar refractivity (Wildman–Crippen MR) is 67.4 cm³/mol. The average Bonchev–Trinajstić information content (AvgIpc) is 2.32. The molecule has 0 heterocycles. The summed E-state index contributed by atoms with van der Waals surface area (Å²) in [5.74, 6) is 0.708. The lowest BCUT2D eigenvalue weighted by Crippen LogP contribution is -2.08. The van der Waals surface area contributed by atoms with Gasteiger partial charge in [0.1, 0.15) is 5.76 Å². The third kappa shape index (κ3) is 3.45. The van der Waals surface area contributed by atoms with Crippen molar-refractivity contribution >= 4 is 5.97 Å². The van der Waals surface area contributed by atoms with Crippen molar-refractivity contribution in [2.24, 2.45) is 0 Å². The molecule has 17 heavy (non-hydrogen) atoms. The Bertz CT molecular complexity index is 418. The molecule has 1 aliphatic carbocycles. The van der Waals surface area contributed by atoms with E-state index in [4.69, 9.17) is 4.74 Å². The van der Waals surface area contributed by atoms with E-state index in [1.165, 1.54) is 24.5 Å². The largest absolute Gasteiger partial charge is 0.431 e. The van der Waals surface area contributed by atoms with Crippen LogP contribution in [0.5, 0.6) is 0 Å². The highest BCUT2D eigenvalue weighted by molar-refractivity contribution is 5.67. The Kier molecular flexibility index (Phi) is 3.97. The monoisotopic (exact) mass is 230 g/mol. The van der Waals surface area contributed by atoms with Gasteiger partial charge in [0.25, 0.3) is 0 Å². The van der Waals surface area contributed by atoms with Crippen LogP contribution in [-0.4, -0.2) is 5.97 Å². The fourth-order valence-corrected chi connectivity index (χ4v) is 2.27. The lowest BCUT2D eigenvalue weighted by Gasteiger charge is -2.19. The minimum Gasteiger partial charge on any atom is -0.431 e. The maximum Gasteiger partial charge on any atom is 0.307 e. The summed E-state index contributed by atoms with van der Waals surface area (Å²) in [6.45, 7) is 1.47. The number of hydrogen-bond donors (Lipinski definition) is 0. The summed E-state index contributed by atoms with van der Waals surface area (Å²) in [5, 5.41) is 0. The van der Waals surface area contributed by atoms with Crippen LogP contribution in [0.4, 0.5) is 0 Å². The van der Waals surface area contributed by atoms with Gasteiger partial charge in [-0.15, -0.1) is 0 Å². The first-order valence-corrected chi connectivity index (χ1v) is 6.19. The Morgan fingerprint density at radius 3 is 2.59 bits per heavy atom. The molecule has 0 bridgehead atoms. The molecule has 0 fully saturated rings. The molecule has 90 valence electrons. The summed E-state index contributed by atoms with van der Waals surface area (Å²) in [4.78, 5) is 11.1. The Morgan fingerprint density at radius 2 is 1.88 bits per heavy atom. The average molecular weight is 230 g/mol. The summed E-state index contributed by atoms with van der Waals surface area (Å²) in [5.41, 5.74) is 2.58. The number of rotatable bonds is 3. The topological polar surface area (TPSA) is 26.3 Å². The number of carbonyl (C=O) groups excluding carboxylic acids is 1. The van der Waals surface area contributed by atoms with Crippen molar-refractivity contribution in [2.75, 3.05) is 0 Å². The summed E-state index contributed by atoms with van der Waals surface area (Å²) < 4.78 is 5.32. The van der Waals surface area contributed by atoms with Crippen LogP contribution in [0.15, 0.2) is 41.7 Å². The maximum atomic E-state index is 11.1. The molecule has 0 aromatic heterocycles. The first-order valence-electron chi connectivity index (χ1n) is 6.19. The maximum absolute atomic E-state index is 11.1. The van der Waals surface area contributed by atoms with E-state index in [1.54, 1.807) is 0 Å². The molecular formula is C15H18O2. The zero-order valence-corrected chi connectivity index (χ0v) is 10.2.